The smallest absolute Gasteiger partial charge is 0.306 e. The fourth-order valence-electron chi connectivity index (χ4n) is 9.31. The Hall–Kier alpha value is -2.57. The largest absolute Gasteiger partial charge is 0.457 e. The van der Waals surface area contributed by atoms with E-state index in [9.17, 15) is 40.5 Å². The van der Waals surface area contributed by atoms with Crippen molar-refractivity contribution >= 4 is 5.97 Å². The molecule has 14 nitrogen and oxygen atoms in total. The maximum atomic E-state index is 13.1. The van der Waals surface area contributed by atoms with Crippen molar-refractivity contribution < 1.29 is 69.0 Å². The average Bonchev–Trinajstić information content (AvgIpc) is 3.43. The van der Waals surface area contributed by atoms with Gasteiger partial charge in [0.15, 0.2) is 12.6 Å². The first-order chi connectivity index (χ1) is 37.6. The molecule has 11 unspecified atom stereocenters. The van der Waals surface area contributed by atoms with Gasteiger partial charge in [0.25, 0.3) is 0 Å². The molecular weight excluding hydrogens is 981 g/mol. The van der Waals surface area contributed by atoms with Crippen LogP contribution in [0.2, 0.25) is 0 Å². The molecule has 2 rings (SSSR count). The van der Waals surface area contributed by atoms with Crippen molar-refractivity contribution in [2.75, 3.05) is 33.0 Å². The van der Waals surface area contributed by atoms with E-state index in [1.54, 1.807) is 0 Å². The van der Waals surface area contributed by atoms with E-state index in [1.807, 2.05) is 0 Å². The number of unbranched alkanes of at least 4 members (excludes halogenated alkanes) is 23. The zero-order valence-electron chi connectivity index (χ0n) is 47.9. The number of esters is 1. The first kappa shape index (κ1) is 70.5. The van der Waals surface area contributed by atoms with Crippen LogP contribution in [0, 0.1) is 0 Å². The molecule has 0 amide bonds. The van der Waals surface area contributed by atoms with Gasteiger partial charge in [0, 0.05) is 13.0 Å². The Kier molecular flexibility index (Phi) is 45.1. The summed E-state index contributed by atoms with van der Waals surface area (Å²) in [6.07, 6.45) is 46.7. The Morgan fingerprint density at radius 2 is 0.844 bits per heavy atom. The number of aliphatic hydroxyl groups is 7. The molecule has 0 aromatic rings. The van der Waals surface area contributed by atoms with Crippen LogP contribution in [-0.2, 0) is 33.2 Å². The van der Waals surface area contributed by atoms with Crippen molar-refractivity contribution in [2.45, 2.75) is 287 Å². The van der Waals surface area contributed by atoms with E-state index in [2.05, 4.69) is 86.8 Å². The summed E-state index contributed by atoms with van der Waals surface area (Å²) in [5.74, 6) is -0.384. The zero-order chi connectivity index (χ0) is 55.8. The average molecular weight is 1090 g/mol. The number of ether oxygens (including phenoxy) is 6. The molecular formula is C63H110O14. The maximum absolute atomic E-state index is 13.1. The van der Waals surface area contributed by atoms with E-state index in [4.69, 9.17) is 28.4 Å². The van der Waals surface area contributed by atoms with Gasteiger partial charge in [0.2, 0.25) is 0 Å². The summed E-state index contributed by atoms with van der Waals surface area (Å²) < 4.78 is 34.4. The second kappa shape index (κ2) is 49.3. The topological polar surface area (TPSA) is 214 Å². The highest BCUT2D eigenvalue weighted by atomic mass is 16.7. The fraction of sp³-hybridized carbons (Fsp3) is 0.794. The van der Waals surface area contributed by atoms with Crippen LogP contribution in [0.15, 0.2) is 72.9 Å². The summed E-state index contributed by atoms with van der Waals surface area (Å²) >= 11 is 0. The van der Waals surface area contributed by atoms with E-state index in [0.29, 0.717) is 13.0 Å². The van der Waals surface area contributed by atoms with Crippen LogP contribution in [0.25, 0.3) is 0 Å². The Morgan fingerprint density at radius 1 is 0.442 bits per heavy atom. The van der Waals surface area contributed by atoms with Crippen molar-refractivity contribution in [1.29, 1.82) is 0 Å². The van der Waals surface area contributed by atoms with Crippen molar-refractivity contribution in [3.63, 3.8) is 0 Å². The first-order valence-corrected chi connectivity index (χ1v) is 30.5. The van der Waals surface area contributed by atoms with Gasteiger partial charge in [-0.05, 0) is 83.5 Å². The summed E-state index contributed by atoms with van der Waals surface area (Å²) in [5.41, 5.74) is 0. The molecule has 2 heterocycles. The molecule has 0 aromatic heterocycles. The van der Waals surface area contributed by atoms with Crippen molar-refractivity contribution in [3.05, 3.63) is 72.9 Å². The number of carbonyl (C=O) groups excluding carboxylic acids is 1. The molecule has 2 aliphatic heterocycles. The van der Waals surface area contributed by atoms with E-state index >= 15 is 0 Å². The Labute approximate surface area is 466 Å². The maximum Gasteiger partial charge on any atom is 0.306 e. The second-order valence-electron chi connectivity index (χ2n) is 21.1. The molecule has 77 heavy (non-hydrogen) atoms. The summed E-state index contributed by atoms with van der Waals surface area (Å²) in [4.78, 5) is 13.1. The minimum Gasteiger partial charge on any atom is -0.457 e. The number of hydrogen-bond donors (Lipinski definition) is 7. The third kappa shape index (κ3) is 35.7. The molecule has 0 aromatic carbocycles. The van der Waals surface area contributed by atoms with Crippen LogP contribution in [0.3, 0.4) is 0 Å². The monoisotopic (exact) mass is 1090 g/mol. The molecule has 2 saturated heterocycles. The summed E-state index contributed by atoms with van der Waals surface area (Å²) in [6.45, 7) is 3.57. The fourth-order valence-corrected chi connectivity index (χ4v) is 9.31. The van der Waals surface area contributed by atoms with Crippen molar-refractivity contribution in [2.24, 2.45) is 0 Å². The molecule has 14 heteroatoms. The molecule has 0 bridgehead atoms. The predicted molar refractivity (Wildman–Crippen MR) is 307 cm³/mol. The molecule has 2 fully saturated rings. The minimum atomic E-state index is -1.71. The van der Waals surface area contributed by atoms with Gasteiger partial charge < -0.3 is 64.2 Å². The van der Waals surface area contributed by atoms with Crippen LogP contribution in [-0.4, -0.2) is 142 Å². The molecule has 11 atom stereocenters. The number of hydrogen-bond acceptors (Lipinski definition) is 14. The molecule has 2 aliphatic rings. The van der Waals surface area contributed by atoms with Gasteiger partial charge in [0.05, 0.1) is 26.4 Å². The van der Waals surface area contributed by atoms with Gasteiger partial charge in [-0.1, -0.05) is 202 Å². The van der Waals surface area contributed by atoms with Crippen molar-refractivity contribution in [3.8, 4) is 0 Å². The number of aliphatic hydroxyl groups excluding tert-OH is 7. The zero-order valence-corrected chi connectivity index (χ0v) is 47.9. The van der Waals surface area contributed by atoms with Gasteiger partial charge >= 0.3 is 5.97 Å². The molecule has 446 valence electrons. The third-order valence-corrected chi connectivity index (χ3v) is 14.2. The van der Waals surface area contributed by atoms with E-state index in [0.717, 1.165) is 77.0 Å². The highest BCUT2D eigenvalue weighted by Gasteiger charge is 2.47. The Balaban J connectivity index is 1.70. The lowest BCUT2D eigenvalue weighted by Gasteiger charge is -2.42. The summed E-state index contributed by atoms with van der Waals surface area (Å²) in [5, 5.41) is 72.4. The lowest BCUT2D eigenvalue weighted by atomic mass is 9.98. The molecule has 0 aliphatic carbocycles. The van der Waals surface area contributed by atoms with E-state index in [-0.39, 0.29) is 25.6 Å². The second-order valence-corrected chi connectivity index (χ2v) is 21.1. The van der Waals surface area contributed by atoms with Gasteiger partial charge in [-0.25, -0.2) is 0 Å². The number of rotatable bonds is 49. The predicted octanol–water partition coefficient (Wildman–Crippen LogP) is 11.4. The van der Waals surface area contributed by atoms with Gasteiger partial charge in [0.1, 0.15) is 54.9 Å². The van der Waals surface area contributed by atoms with Gasteiger partial charge in [-0.15, -0.1) is 0 Å². The molecule has 7 N–H and O–H groups in total. The quantitative estimate of drug-likeness (QED) is 0.0172. The van der Waals surface area contributed by atoms with Crippen LogP contribution in [0.1, 0.15) is 219 Å². The lowest BCUT2D eigenvalue weighted by molar-refractivity contribution is -0.332. The van der Waals surface area contributed by atoms with Gasteiger partial charge in [-0.3, -0.25) is 4.79 Å². The highest BCUT2D eigenvalue weighted by Crippen LogP contribution is 2.27. The summed E-state index contributed by atoms with van der Waals surface area (Å²) in [7, 11) is 0. The highest BCUT2D eigenvalue weighted by molar-refractivity contribution is 5.69. The first-order valence-electron chi connectivity index (χ1n) is 30.5. The molecule has 0 saturated carbocycles. The summed E-state index contributed by atoms with van der Waals surface area (Å²) in [6, 6.07) is 0. The van der Waals surface area contributed by atoms with Crippen molar-refractivity contribution in [1.82, 2.24) is 0 Å². The molecule has 0 spiro atoms. The van der Waals surface area contributed by atoms with E-state index < -0.39 is 80.7 Å². The minimum absolute atomic E-state index is 0.0547. The standard InChI is InChI=1S/C63H110O14/c1-3-5-7-9-11-13-15-17-19-21-23-24-25-26-27-28-29-30-32-34-36-38-40-42-44-46-55(65)75-52(49-72-47-45-43-41-39-37-35-33-31-22-20-18-16-14-12-10-8-6-4-2)50-73-62-61(71)59(69)57(67)54(77-62)51-74-63-60(70)58(68)56(66)53(48-64)76-63/h5,7,11,13,17-20,23-24,26-27,52-54,56-64,66-71H,3-4,6,8-10,12,14-16,21-22,25,28-51H2,1-2H3/b7-5-,13-11-,19-17-,20-18-,24-23-,27-26-. The Morgan fingerprint density at radius 3 is 1.34 bits per heavy atom. The van der Waals surface area contributed by atoms with Crippen LogP contribution in [0.4, 0.5) is 0 Å². The normalized spacial score (nSPS) is 24.8. The van der Waals surface area contributed by atoms with Crippen LogP contribution < -0.4 is 0 Å². The van der Waals surface area contributed by atoms with Crippen LogP contribution >= 0.6 is 0 Å². The van der Waals surface area contributed by atoms with E-state index in [1.165, 1.54) is 116 Å². The third-order valence-electron chi connectivity index (χ3n) is 14.2. The van der Waals surface area contributed by atoms with Gasteiger partial charge in [-0.2, -0.15) is 0 Å². The number of carbonyl (C=O) groups is 1. The number of allylic oxidation sites excluding steroid dienone is 12. The van der Waals surface area contributed by atoms with Crippen LogP contribution in [0.5, 0.6) is 0 Å². The molecule has 0 radical (unpaired) electrons. The lowest BCUT2D eigenvalue weighted by Crippen LogP contribution is -2.61. The Bertz CT molecular complexity index is 1550. The SMILES string of the molecule is CC/C=C\C/C=C\C/C=C\C/C=C\C/C=C\CCCCCCCCCCCC(=O)OC(COCCCCCCCCCC/C=C\CCCCCCCC)COC1OC(COC2OC(CO)C(O)C(O)C2O)C(O)C(O)C1O.